The Morgan fingerprint density at radius 3 is 0.875 bits per heavy atom. The number of thiophene rings is 8. The summed E-state index contributed by atoms with van der Waals surface area (Å²) in [5, 5.41) is 36.5. The minimum Gasteiger partial charge on any atom is -0.496 e. The van der Waals surface area contributed by atoms with Gasteiger partial charge in [-0.3, -0.25) is 38.4 Å². The summed E-state index contributed by atoms with van der Waals surface area (Å²) in [5.41, 5.74) is 17.7. The van der Waals surface area contributed by atoms with Crippen LogP contribution in [0.1, 0.15) is 161 Å². The average Bonchev–Trinajstić information content (AvgIpc) is 1.52. The number of methoxy groups -OCH3 is 1. The second kappa shape index (κ2) is 32.3. The molecule has 0 amide bonds. The fourth-order valence-electron chi connectivity index (χ4n) is 24.3. The maximum atomic E-state index is 14.5. The summed E-state index contributed by atoms with van der Waals surface area (Å²) in [6, 6.07) is 32.4. The van der Waals surface area contributed by atoms with Gasteiger partial charge in [0.05, 0.1) is 18.4 Å². The van der Waals surface area contributed by atoms with Gasteiger partial charge < -0.3 is 9.84 Å². The third-order valence-corrected chi connectivity index (χ3v) is 51.9. The van der Waals surface area contributed by atoms with E-state index in [1.807, 2.05) is 128 Å². The van der Waals surface area contributed by atoms with Gasteiger partial charge in [-0.05, 0) is 260 Å². The molecule has 0 bridgehead atoms. The summed E-state index contributed by atoms with van der Waals surface area (Å²) >= 11 is 13.2. The monoisotopic (exact) mass is 1960 g/mol. The van der Waals surface area contributed by atoms with Crippen LogP contribution < -0.4 is 48.2 Å². The van der Waals surface area contributed by atoms with E-state index in [4.69, 9.17) is 4.74 Å². The van der Waals surface area contributed by atoms with Crippen LogP contribution in [0.2, 0.25) is 33.2 Å². The number of rotatable bonds is 8. The van der Waals surface area contributed by atoms with E-state index < -0.39 is 16.1 Å². The third-order valence-electron chi connectivity index (χ3n) is 30.4. The summed E-state index contributed by atoms with van der Waals surface area (Å²) in [4.78, 5) is 118. The minimum absolute atomic E-state index is 0.0307. The fourth-order valence-corrected chi connectivity index (χ4v) is 43.7. The molecule has 24 aromatic rings. The summed E-state index contributed by atoms with van der Waals surface area (Å²) in [7, 11) is -2.56. The summed E-state index contributed by atoms with van der Waals surface area (Å²) < 4.78 is 13.9. The number of benzene rings is 8. The van der Waals surface area contributed by atoms with E-state index in [2.05, 4.69) is 158 Å². The fraction of sp³-hybridized carbons (Fsp3) is 0.276. The maximum Gasteiger partial charge on any atom is 0.196 e. The molecule has 0 atom stereocenters. The van der Waals surface area contributed by atoms with E-state index in [0.717, 1.165) is 255 Å². The van der Waals surface area contributed by atoms with Gasteiger partial charge in [-0.15, -0.1) is 102 Å². The smallest absolute Gasteiger partial charge is 0.196 e. The Bertz CT molecular complexity index is 9450. The van der Waals surface area contributed by atoms with Crippen molar-refractivity contribution in [3.63, 3.8) is 0 Å². The van der Waals surface area contributed by atoms with Crippen LogP contribution in [0.5, 0.6) is 5.75 Å². The molecule has 0 radical (unpaired) electrons. The molecule has 0 aliphatic rings. The molecule has 0 saturated heterocycles. The van der Waals surface area contributed by atoms with Gasteiger partial charge in [-0.25, -0.2) is 0 Å². The molecule has 0 fully saturated rings. The predicted octanol–water partition coefficient (Wildman–Crippen LogP) is 31.0. The van der Waals surface area contributed by atoms with Gasteiger partial charge in [0, 0.05) is 212 Å². The summed E-state index contributed by atoms with van der Waals surface area (Å²) in [5.74, 6) is 8.12. The zero-order valence-corrected chi connectivity index (χ0v) is 89.3. The van der Waals surface area contributed by atoms with Crippen LogP contribution in [0.15, 0.2) is 135 Å². The zero-order valence-electron chi connectivity index (χ0n) is 80.8. The molecule has 136 heavy (non-hydrogen) atoms. The highest BCUT2D eigenvalue weighted by molar-refractivity contribution is 7.23. The van der Waals surface area contributed by atoms with Crippen molar-refractivity contribution in [2.24, 2.45) is 0 Å². The van der Waals surface area contributed by atoms with Gasteiger partial charge in [0.1, 0.15) is 21.9 Å². The van der Waals surface area contributed by atoms with Crippen molar-refractivity contribution in [2.75, 3.05) is 7.11 Å². The Morgan fingerprint density at radius 1 is 0.265 bits per heavy atom. The van der Waals surface area contributed by atoms with Crippen molar-refractivity contribution in [2.45, 2.75) is 206 Å². The van der Waals surface area contributed by atoms with Crippen molar-refractivity contribution >= 4 is 317 Å². The highest BCUT2D eigenvalue weighted by Crippen LogP contribution is 2.52. The van der Waals surface area contributed by atoms with Crippen LogP contribution in [0, 0.1) is 106 Å². The number of aliphatic hydroxyl groups excluding tert-OH is 1. The normalized spacial score (nSPS) is 12.7. The SMILES string of the molecule is COc1cc2c(cc(CO)c3c4sc(C)c(C)c4c(=O)c23)c2c(=O)c3c(C)c(C)sc3c12.Cc1cc2c(=O)c3c4cc(C#C[Si](C(C)C)(C(C)C)C(C)C)c5c6sc(C)cc6c(=O)c5c4cc(C#C[Si](C(C)C)(C(C)C)C(C)C)c3c2s1.Cc1cc2c(=O)c3c4cc(C)c5c6sc(C)cc6c(=O)c5c4cc(C)c3c2s1.Cc1cc2c(=O)c3c4ccc5c6sc(C)cc6c(=O)c5c4ccc3c2s1. The van der Waals surface area contributed by atoms with E-state index in [1.165, 1.54) is 0 Å². The molecule has 0 aliphatic carbocycles. The average molecular weight is 1970 g/mol. The number of fused-ring (bicyclic) bond motifs is 36. The molecule has 0 aliphatic heterocycles. The molecule has 24 rings (SSSR count). The Morgan fingerprint density at radius 2 is 0.537 bits per heavy atom. The third kappa shape index (κ3) is 12.8. The Balaban J connectivity index is 0.000000112. The van der Waals surface area contributed by atoms with E-state index in [9.17, 15) is 43.5 Å². The van der Waals surface area contributed by atoms with Crippen LogP contribution in [-0.4, -0.2) is 28.4 Å². The van der Waals surface area contributed by atoms with Crippen molar-refractivity contribution < 1.29 is 9.84 Å². The minimum atomic E-state index is -2.08. The second-order valence-electron chi connectivity index (χ2n) is 39.9. The quantitative estimate of drug-likeness (QED) is 0.114. The van der Waals surface area contributed by atoms with E-state index in [0.29, 0.717) is 71.5 Å². The Labute approximate surface area is 817 Å². The van der Waals surface area contributed by atoms with Crippen molar-refractivity contribution in [1.82, 2.24) is 0 Å². The van der Waals surface area contributed by atoms with Gasteiger partial charge in [0.15, 0.2) is 43.4 Å². The van der Waals surface area contributed by atoms with E-state index in [1.54, 1.807) is 97.8 Å². The lowest BCUT2D eigenvalue weighted by Crippen LogP contribution is -2.43. The predicted molar refractivity (Wildman–Crippen MR) is 604 cm³/mol. The molecule has 0 spiro atoms. The molecule has 10 nitrogen and oxygen atoms in total. The van der Waals surface area contributed by atoms with Gasteiger partial charge in [-0.2, -0.15) is 0 Å². The molecular weight excluding hydrogens is 1870 g/mol. The van der Waals surface area contributed by atoms with Gasteiger partial charge in [0.2, 0.25) is 0 Å². The molecule has 16 aromatic carbocycles. The lowest BCUT2D eigenvalue weighted by atomic mass is 9.95. The number of hydrogen-bond donors (Lipinski definition) is 1. The first kappa shape index (κ1) is 91.5. The molecular formula is C116H100O10S8Si2. The van der Waals surface area contributed by atoms with Crippen LogP contribution in [0.25, 0.3) is 210 Å². The summed E-state index contributed by atoms with van der Waals surface area (Å²) in [6.45, 7) is 52.2. The van der Waals surface area contributed by atoms with Crippen LogP contribution >= 0.6 is 90.7 Å². The lowest BCUT2D eigenvalue weighted by Gasteiger charge is -2.38. The van der Waals surface area contributed by atoms with Crippen LogP contribution in [-0.2, 0) is 6.61 Å². The lowest BCUT2D eigenvalue weighted by molar-refractivity contribution is 0.283. The first-order valence-corrected chi connectivity index (χ1v) is 57.6. The highest BCUT2D eigenvalue weighted by Gasteiger charge is 2.44. The maximum absolute atomic E-state index is 14.5. The first-order chi connectivity index (χ1) is 64.6. The first-order valence-electron chi connectivity index (χ1n) is 46.6. The second-order valence-corrected chi connectivity index (χ2v) is 61.0. The largest absolute Gasteiger partial charge is 0.496 e. The highest BCUT2D eigenvalue weighted by atomic mass is 32.1. The zero-order chi connectivity index (χ0) is 96.6. The standard InChI is InChI=1S/C44H52O2S2Si2.C26H20O4S2.C24H16O2S2.C22H12O2S2/c1-23(2)49(24(3)4,25(5)6)17-15-31-21-33-34(39-37(31)43-35(41(39)45)19-29(13)47-43)22-32(16-18-50(26(7)8,27(9)10)28(11)12)38-40(33)42(46)36-20-30(14)48-44(36)38;1-9-11(3)31-25-17(9)23(28)20-15-7-16(30-5)22-21(14(15)6-13(8-27)19(20)25)24(29)18-10(2)12(4)32-26(18)22;1-9-5-13-14(19-17(9)23-15(21(19)25)7-11(3)27-23)6-10(2)18-20(13)22(26)16-8-12(4)28-24(16)18;1-9-7-15-19(23)17-11-4-6-14-18(12(11)3-5-13(17)21(15)25-9)20(24)16-8-10(2)26-22(14)16/h19-28H,1-14H3;6-7,27H,8H2,1-5H3;5-8H,1-4H3;3-8H,1-2H3. The van der Waals surface area contributed by atoms with Gasteiger partial charge in [-0.1, -0.05) is 119 Å². The summed E-state index contributed by atoms with van der Waals surface area (Å²) in [6.07, 6.45) is 0. The van der Waals surface area contributed by atoms with Gasteiger partial charge >= 0.3 is 0 Å². The molecule has 8 heterocycles. The van der Waals surface area contributed by atoms with E-state index in [-0.39, 0.29) is 50.0 Å². The van der Waals surface area contributed by atoms with Gasteiger partial charge in [0.25, 0.3) is 0 Å². The molecule has 0 unspecified atom stereocenters. The van der Waals surface area contributed by atoms with Crippen LogP contribution in [0.3, 0.4) is 0 Å². The molecule has 0 saturated carbocycles. The number of hydrogen-bond acceptors (Lipinski definition) is 18. The van der Waals surface area contributed by atoms with Crippen molar-refractivity contribution in [3.05, 3.63) is 257 Å². The number of ether oxygens (including phenoxy) is 1. The Kier molecular flexibility index (Phi) is 21.8. The van der Waals surface area contributed by atoms with Crippen LogP contribution in [0.4, 0.5) is 0 Å². The number of aryl methyl sites for hydroxylation is 12. The molecule has 680 valence electrons. The van der Waals surface area contributed by atoms with Crippen molar-refractivity contribution in [3.8, 4) is 28.7 Å². The van der Waals surface area contributed by atoms with E-state index >= 15 is 0 Å². The molecule has 1 N–H and O–H groups in total. The number of aliphatic hydroxyl groups is 1. The van der Waals surface area contributed by atoms with Crippen molar-refractivity contribution in [1.29, 1.82) is 0 Å². The molecule has 20 heteroatoms. The Hall–Kier alpha value is -10.9. The topological polar surface area (TPSA) is 166 Å². The molecule has 8 aromatic heterocycles.